The molecule has 0 radical (unpaired) electrons. The number of H-pyrrole nitrogens is 1. The maximum absolute atomic E-state index is 11.2. The number of hydrogen-bond donors (Lipinski definition) is 3. The molecular formula is C9H12BrN3O2. The molecule has 1 aliphatic carbocycles. The fraction of sp³-hybridized carbons (Fsp3) is 0.556. The lowest BCUT2D eigenvalue weighted by Crippen LogP contribution is -2.23. The zero-order valence-electron chi connectivity index (χ0n) is 8.03. The molecule has 6 heteroatoms. The Morgan fingerprint density at radius 2 is 2.47 bits per heavy atom. The Morgan fingerprint density at radius 1 is 1.73 bits per heavy atom. The average Bonchev–Trinajstić information content (AvgIpc) is 3.03. The van der Waals surface area contributed by atoms with Gasteiger partial charge in [0.05, 0.1) is 12.4 Å². The number of rotatable bonds is 4. The van der Waals surface area contributed by atoms with Gasteiger partial charge in [-0.05, 0) is 34.7 Å². The molecule has 1 aromatic heterocycles. The van der Waals surface area contributed by atoms with Gasteiger partial charge >= 0.3 is 0 Å². The van der Waals surface area contributed by atoms with E-state index in [0.29, 0.717) is 22.8 Å². The number of aliphatic hydroxyl groups excluding tert-OH is 1. The quantitative estimate of drug-likeness (QED) is 0.755. The van der Waals surface area contributed by atoms with Gasteiger partial charge in [-0.2, -0.15) is 0 Å². The van der Waals surface area contributed by atoms with E-state index in [0.717, 1.165) is 12.8 Å². The lowest BCUT2D eigenvalue weighted by atomic mass is 10.2. The second-order valence-corrected chi connectivity index (χ2v) is 4.47. The number of hydrogen-bond acceptors (Lipinski definition) is 4. The normalized spacial score (nSPS) is 17.5. The first-order valence-corrected chi connectivity index (χ1v) is 5.63. The zero-order chi connectivity index (χ0) is 10.8. The average molecular weight is 274 g/mol. The summed E-state index contributed by atoms with van der Waals surface area (Å²) in [7, 11) is 0. The van der Waals surface area contributed by atoms with Gasteiger partial charge in [0.1, 0.15) is 10.3 Å². The predicted octanol–water partition coefficient (Wildman–Crippen LogP) is 0.715. The Kier molecular flexibility index (Phi) is 3.06. The third-order valence-corrected chi connectivity index (χ3v) is 3.18. The van der Waals surface area contributed by atoms with E-state index in [1.54, 1.807) is 0 Å². The van der Waals surface area contributed by atoms with Crippen LogP contribution in [0.3, 0.4) is 0 Å². The van der Waals surface area contributed by atoms with E-state index in [2.05, 4.69) is 31.2 Å². The highest BCUT2D eigenvalue weighted by Crippen LogP contribution is 2.32. The SMILES string of the molecule is O=c1[nH]cnc(NCC(O)C2CC2)c1Br. The number of aliphatic hydroxyl groups is 1. The summed E-state index contributed by atoms with van der Waals surface area (Å²) in [6, 6.07) is 0. The Labute approximate surface area is 95.1 Å². The lowest BCUT2D eigenvalue weighted by Gasteiger charge is -2.11. The van der Waals surface area contributed by atoms with E-state index in [1.807, 2.05) is 0 Å². The molecule has 0 amide bonds. The van der Waals surface area contributed by atoms with Crippen molar-refractivity contribution in [1.82, 2.24) is 9.97 Å². The van der Waals surface area contributed by atoms with Crippen LogP contribution in [0.5, 0.6) is 0 Å². The summed E-state index contributed by atoms with van der Waals surface area (Å²) in [5.74, 6) is 0.886. The van der Waals surface area contributed by atoms with Gasteiger partial charge in [0.15, 0.2) is 0 Å². The van der Waals surface area contributed by atoms with Crippen LogP contribution < -0.4 is 10.9 Å². The van der Waals surface area contributed by atoms with Crippen molar-refractivity contribution >= 4 is 21.7 Å². The summed E-state index contributed by atoms with van der Waals surface area (Å²) < 4.78 is 0.369. The molecule has 1 atom stereocenters. The van der Waals surface area contributed by atoms with Crippen LogP contribution in [-0.2, 0) is 0 Å². The Hall–Kier alpha value is -0.880. The van der Waals surface area contributed by atoms with Crippen molar-refractivity contribution in [2.75, 3.05) is 11.9 Å². The second kappa shape index (κ2) is 4.32. The topological polar surface area (TPSA) is 78.0 Å². The van der Waals surface area contributed by atoms with E-state index in [9.17, 15) is 9.90 Å². The third-order valence-electron chi connectivity index (χ3n) is 2.44. The highest BCUT2D eigenvalue weighted by molar-refractivity contribution is 9.10. The van der Waals surface area contributed by atoms with Gasteiger partial charge in [0.2, 0.25) is 0 Å². The maximum Gasteiger partial charge on any atom is 0.267 e. The van der Waals surface area contributed by atoms with E-state index < -0.39 is 0 Å². The molecule has 2 rings (SSSR count). The summed E-state index contributed by atoms with van der Waals surface area (Å²) >= 11 is 3.13. The number of aromatic amines is 1. The molecule has 0 aliphatic heterocycles. The largest absolute Gasteiger partial charge is 0.391 e. The van der Waals surface area contributed by atoms with Crippen molar-refractivity contribution in [2.45, 2.75) is 18.9 Å². The van der Waals surface area contributed by atoms with Gasteiger partial charge in [-0.25, -0.2) is 4.98 Å². The van der Waals surface area contributed by atoms with E-state index in [-0.39, 0.29) is 11.7 Å². The van der Waals surface area contributed by atoms with Crippen molar-refractivity contribution in [3.05, 3.63) is 21.2 Å². The number of nitrogens with one attached hydrogen (secondary N) is 2. The van der Waals surface area contributed by atoms with Crippen molar-refractivity contribution in [3.63, 3.8) is 0 Å². The number of aromatic nitrogens is 2. The van der Waals surface area contributed by atoms with Crippen molar-refractivity contribution in [3.8, 4) is 0 Å². The Bertz CT molecular complexity index is 403. The molecule has 1 fully saturated rings. The number of nitrogens with zero attached hydrogens (tertiary/aromatic N) is 1. The first-order chi connectivity index (χ1) is 7.18. The van der Waals surface area contributed by atoms with Crippen LogP contribution in [0.1, 0.15) is 12.8 Å². The first kappa shape index (κ1) is 10.6. The molecule has 0 saturated heterocycles. The highest BCUT2D eigenvalue weighted by atomic mass is 79.9. The molecule has 1 heterocycles. The minimum absolute atomic E-state index is 0.228. The van der Waals surface area contributed by atoms with Crippen LogP contribution in [0.2, 0.25) is 0 Å². The van der Waals surface area contributed by atoms with Gasteiger partial charge in [-0.1, -0.05) is 0 Å². The molecule has 0 aromatic carbocycles. The highest BCUT2D eigenvalue weighted by Gasteiger charge is 2.29. The molecule has 1 unspecified atom stereocenters. The minimum Gasteiger partial charge on any atom is -0.391 e. The lowest BCUT2D eigenvalue weighted by molar-refractivity contribution is 0.164. The van der Waals surface area contributed by atoms with Gasteiger partial charge in [-0.3, -0.25) is 4.79 Å². The zero-order valence-corrected chi connectivity index (χ0v) is 9.62. The summed E-state index contributed by atoms with van der Waals surface area (Å²) in [4.78, 5) is 17.6. The van der Waals surface area contributed by atoms with Gasteiger partial charge < -0.3 is 15.4 Å². The molecule has 0 bridgehead atoms. The van der Waals surface area contributed by atoms with Gasteiger partial charge in [-0.15, -0.1) is 0 Å². The second-order valence-electron chi connectivity index (χ2n) is 3.68. The molecule has 82 valence electrons. The van der Waals surface area contributed by atoms with Gasteiger partial charge in [0.25, 0.3) is 5.56 Å². The van der Waals surface area contributed by atoms with Crippen LogP contribution in [-0.4, -0.2) is 27.7 Å². The smallest absolute Gasteiger partial charge is 0.267 e. The van der Waals surface area contributed by atoms with E-state index in [4.69, 9.17) is 0 Å². The maximum atomic E-state index is 11.2. The molecule has 1 aromatic rings. The molecule has 5 nitrogen and oxygen atoms in total. The van der Waals surface area contributed by atoms with Gasteiger partial charge in [0, 0.05) is 6.54 Å². The molecule has 15 heavy (non-hydrogen) atoms. The molecule has 1 aliphatic rings. The summed E-state index contributed by atoms with van der Waals surface area (Å²) in [5, 5.41) is 12.6. The molecule has 3 N–H and O–H groups in total. The summed E-state index contributed by atoms with van der Waals surface area (Å²) in [6.07, 6.45) is 3.16. The van der Waals surface area contributed by atoms with Crippen LogP contribution in [0.4, 0.5) is 5.82 Å². The fourth-order valence-electron chi connectivity index (χ4n) is 1.36. The van der Waals surface area contributed by atoms with E-state index >= 15 is 0 Å². The Morgan fingerprint density at radius 3 is 3.13 bits per heavy atom. The van der Waals surface area contributed by atoms with Crippen LogP contribution in [0.15, 0.2) is 15.6 Å². The monoisotopic (exact) mass is 273 g/mol. The van der Waals surface area contributed by atoms with Crippen LogP contribution in [0, 0.1) is 5.92 Å². The number of anilines is 1. The molecule has 1 saturated carbocycles. The number of halogens is 1. The fourth-order valence-corrected chi connectivity index (χ4v) is 1.71. The standard InChI is InChI=1S/C9H12BrN3O2/c10-7-8(12-4-13-9(7)15)11-3-6(14)5-1-2-5/h4-6,14H,1-3H2,(H2,11,12,13,15). The van der Waals surface area contributed by atoms with Crippen LogP contribution >= 0.6 is 15.9 Å². The summed E-state index contributed by atoms with van der Waals surface area (Å²) in [6.45, 7) is 0.430. The molecule has 0 spiro atoms. The van der Waals surface area contributed by atoms with Crippen molar-refractivity contribution in [2.24, 2.45) is 5.92 Å². The summed E-state index contributed by atoms with van der Waals surface area (Å²) in [5.41, 5.74) is -0.228. The Balaban J connectivity index is 1.98. The third kappa shape index (κ3) is 2.57. The minimum atomic E-state index is -0.349. The first-order valence-electron chi connectivity index (χ1n) is 4.83. The predicted molar refractivity (Wildman–Crippen MR) is 59.8 cm³/mol. The van der Waals surface area contributed by atoms with Crippen molar-refractivity contribution in [1.29, 1.82) is 0 Å². The van der Waals surface area contributed by atoms with Crippen LogP contribution in [0.25, 0.3) is 0 Å². The van der Waals surface area contributed by atoms with Crippen molar-refractivity contribution < 1.29 is 5.11 Å². The van der Waals surface area contributed by atoms with E-state index in [1.165, 1.54) is 6.33 Å². The molecular weight excluding hydrogens is 262 g/mol.